The minimum absolute atomic E-state index is 0.161. The molecule has 0 saturated carbocycles. The van der Waals surface area contributed by atoms with Crippen LogP contribution in [0.25, 0.3) is 11.1 Å². The summed E-state index contributed by atoms with van der Waals surface area (Å²) in [5.74, 6) is -1.58. The zero-order chi connectivity index (χ0) is 49.6. The van der Waals surface area contributed by atoms with Gasteiger partial charge >= 0.3 is 19.1 Å². The standard InChI is InChI=1S/C23H22FN3O2.C20H25BFN3O2.C9H9BrO2/c1-4-29-23(28)17-7-5-16(6-8-17)18-9-14-22(21(24)15-18)26-25-19-10-12-20(13-11-19)27(2)3;1-19(2)20(3,4)27-21(26-19)14-7-12-18(17(22)13-14)24-23-15-8-10-16(11-9-15)25(5)6;1-2-12-9(11)7-3-5-8(10)6-4-7/h5-15H,4H2,1-3H3;7-13H,1-6H3;3-6H,2H2,1H3. The van der Waals surface area contributed by atoms with Gasteiger partial charge in [0.05, 0.1) is 46.9 Å². The maximum atomic E-state index is 14.5. The first-order valence-corrected chi connectivity index (χ1v) is 22.6. The summed E-state index contributed by atoms with van der Waals surface area (Å²) in [7, 11) is 7.24. The van der Waals surface area contributed by atoms with Crippen LogP contribution in [0.4, 0.5) is 42.9 Å². The molecule has 6 aromatic rings. The first-order valence-electron chi connectivity index (χ1n) is 21.8. The fourth-order valence-corrected chi connectivity index (χ4v) is 6.43. The maximum Gasteiger partial charge on any atom is 0.494 e. The van der Waals surface area contributed by atoms with Crippen molar-refractivity contribution in [3.8, 4) is 11.1 Å². The van der Waals surface area contributed by atoms with Crippen LogP contribution in [-0.4, -0.2) is 71.7 Å². The summed E-state index contributed by atoms with van der Waals surface area (Å²) in [6.45, 7) is 12.1. The van der Waals surface area contributed by atoms with E-state index in [9.17, 15) is 18.4 Å². The Bertz CT molecular complexity index is 2670. The smallest absolute Gasteiger partial charge is 0.462 e. The molecule has 0 amide bonds. The predicted octanol–water partition coefficient (Wildman–Crippen LogP) is 13.4. The molecular weight excluding hydrogens is 933 g/mol. The summed E-state index contributed by atoms with van der Waals surface area (Å²) in [5, 5.41) is 16.3. The van der Waals surface area contributed by atoms with Gasteiger partial charge in [-0.2, -0.15) is 10.2 Å². The number of anilines is 2. The third kappa shape index (κ3) is 14.4. The normalized spacial score (nSPS) is 13.6. The predicted molar refractivity (Wildman–Crippen MR) is 270 cm³/mol. The third-order valence-electron chi connectivity index (χ3n) is 10.8. The van der Waals surface area contributed by atoms with Gasteiger partial charge in [0.2, 0.25) is 0 Å². The van der Waals surface area contributed by atoms with E-state index in [2.05, 4.69) is 36.4 Å². The highest BCUT2D eigenvalue weighted by atomic mass is 79.9. The zero-order valence-corrected chi connectivity index (χ0v) is 41.5. The van der Waals surface area contributed by atoms with Gasteiger partial charge in [-0.3, -0.25) is 0 Å². The molecule has 1 fully saturated rings. The minimum atomic E-state index is -0.603. The number of esters is 2. The number of hydrogen-bond donors (Lipinski definition) is 0. The van der Waals surface area contributed by atoms with E-state index in [1.54, 1.807) is 74.5 Å². The SMILES string of the molecule is CCOC(=O)c1ccc(-c2ccc(N=Nc3ccc(N(C)C)cc3)c(F)c2)cc1.CCOC(=O)c1ccc(Br)cc1.CN(C)c1ccc(N=Nc2ccc(B3OC(C)(C)C(C)(C)O3)cc2F)cc1. The summed E-state index contributed by atoms with van der Waals surface area (Å²) >= 11 is 3.28. The third-order valence-corrected chi connectivity index (χ3v) is 11.3. The molecule has 16 heteroatoms. The minimum Gasteiger partial charge on any atom is -0.462 e. The fraction of sp³-hybridized carbons (Fsp3) is 0.269. The lowest BCUT2D eigenvalue weighted by molar-refractivity contribution is 0.00578. The van der Waals surface area contributed by atoms with Gasteiger partial charge in [-0.1, -0.05) is 40.2 Å². The van der Waals surface area contributed by atoms with Gasteiger partial charge in [0.15, 0.2) is 5.82 Å². The van der Waals surface area contributed by atoms with E-state index in [-0.39, 0.29) is 23.3 Å². The lowest BCUT2D eigenvalue weighted by Gasteiger charge is -2.32. The molecule has 1 saturated heterocycles. The van der Waals surface area contributed by atoms with E-state index in [1.165, 1.54) is 12.1 Å². The molecule has 68 heavy (non-hydrogen) atoms. The molecule has 1 heterocycles. The van der Waals surface area contributed by atoms with Crippen LogP contribution in [0.15, 0.2) is 158 Å². The highest BCUT2D eigenvalue weighted by Crippen LogP contribution is 2.37. The van der Waals surface area contributed by atoms with Crippen molar-refractivity contribution in [3.63, 3.8) is 0 Å². The zero-order valence-electron chi connectivity index (χ0n) is 40.0. The summed E-state index contributed by atoms with van der Waals surface area (Å²) in [6, 6.07) is 38.5. The average molecular weight is 990 g/mol. The quantitative estimate of drug-likeness (QED) is 0.0674. The second-order valence-electron chi connectivity index (χ2n) is 16.7. The van der Waals surface area contributed by atoms with E-state index in [0.29, 0.717) is 46.7 Å². The van der Waals surface area contributed by atoms with Crippen molar-refractivity contribution in [2.24, 2.45) is 20.5 Å². The van der Waals surface area contributed by atoms with Crippen molar-refractivity contribution >= 4 is 74.6 Å². The Morgan fingerprint density at radius 3 is 1.35 bits per heavy atom. The molecular formula is C52H56BBrF2N6O6. The first kappa shape index (κ1) is 52.4. The Morgan fingerprint density at radius 2 is 0.956 bits per heavy atom. The molecule has 6 aromatic carbocycles. The molecule has 0 radical (unpaired) electrons. The van der Waals surface area contributed by atoms with Gasteiger partial charge in [0.1, 0.15) is 17.2 Å². The molecule has 354 valence electrons. The van der Waals surface area contributed by atoms with E-state index < -0.39 is 30.0 Å². The van der Waals surface area contributed by atoms with Crippen molar-refractivity contribution in [2.45, 2.75) is 52.7 Å². The molecule has 12 nitrogen and oxygen atoms in total. The summed E-state index contributed by atoms with van der Waals surface area (Å²) < 4.78 is 51.6. The Kier molecular flexibility index (Phi) is 18.4. The van der Waals surface area contributed by atoms with Crippen molar-refractivity contribution in [1.29, 1.82) is 0 Å². The summed E-state index contributed by atoms with van der Waals surface area (Å²) in [5.41, 5.74) is 5.97. The number of nitrogens with zero attached hydrogens (tertiary/aromatic N) is 6. The van der Waals surface area contributed by atoms with Crippen molar-refractivity contribution in [1.82, 2.24) is 0 Å². The van der Waals surface area contributed by atoms with E-state index >= 15 is 0 Å². The number of rotatable bonds is 12. The lowest BCUT2D eigenvalue weighted by Crippen LogP contribution is -2.41. The van der Waals surface area contributed by atoms with Crippen molar-refractivity contribution in [3.05, 3.63) is 161 Å². The molecule has 1 aliphatic heterocycles. The van der Waals surface area contributed by atoms with Crippen LogP contribution in [-0.2, 0) is 18.8 Å². The topological polar surface area (TPSA) is 127 Å². The number of hydrogen-bond acceptors (Lipinski definition) is 12. The Balaban J connectivity index is 0.000000206. The molecule has 0 spiro atoms. The van der Waals surface area contributed by atoms with Gasteiger partial charge in [-0.25, -0.2) is 18.4 Å². The second-order valence-corrected chi connectivity index (χ2v) is 17.6. The Hall–Kier alpha value is -6.62. The highest BCUT2D eigenvalue weighted by Gasteiger charge is 2.51. The number of carbonyl (C=O) groups excluding carboxylic acids is 2. The van der Waals surface area contributed by atoms with Crippen LogP contribution in [0.2, 0.25) is 0 Å². The monoisotopic (exact) mass is 988 g/mol. The largest absolute Gasteiger partial charge is 0.494 e. The van der Waals surface area contributed by atoms with Crippen LogP contribution in [0.3, 0.4) is 0 Å². The Labute approximate surface area is 406 Å². The molecule has 0 unspecified atom stereocenters. The van der Waals surface area contributed by atoms with Crippen LogP contribution < -0.4 is 15.3 Å². The Morgan fingerprint density at radius 1 is 0.559 bits per heavy atom. The maximum absolute atomic E-state index is 14.5. The number of halogens is 3. The van der Waals surface area contributed by atoms with Gasteiger partial charge in [0.25, 0.3) is 0 Å². The first-order chi connectivity index (χ1) is 32.3. The summed E-state index contributed by atoms with van der Waals surface area (Å²) in [6.07, 6.45) is 0. The lowest BCUT2D eigenvalue weighted by atomic mass is 9.79. The van der Waals surface area contributed by atoms with E-state index in [1.807, 2.05) is 126 Å². The molecule has 0 bridgehead atoms. The molecule has 0 aromatic heterocycles. The van der Waals surface area contributed by atoms with Crippen LogP contribution >= 0.6 is 15.9 Å². The molecule has 0 aliphatic carbocycles. The highest BCUT2D eigenvalue weighted by molar-refractivity contribution is 9.10. The number of azo groups is 2. The molecule has 7 rings (SSSR count). The van der Waals surface area contributed by atoms with Gasteiger partial charge in [0, 0.05) is 44.0 Å². The van der Waals surface area contributed by atoms with Crippen molar-refractivity contribution in [2.75, 3.05) is 51.2 Å². The number of carbonyl (C=O) groups is 2. The average Bonchev–Trinajstić information content (AvgIpc) is 3.54. The second kappa shape index (κ2) is 23.9. The van der Waals surface area contributed by atoms with Gasteiger partial charge in [-0.15, -0.1) is 10.2 Å². The van der Waals surface area contributed by atoms with Crippen LogP contribution in [0.5, 0.6) is 0 Å². The number of ether oxygens (including phenoxy) is 2. The molecule has 0 N–H and O–H groups in total. The van der Waals surface area contributed by atoms with Crippen LogP contribution in [0, 0.1) is 11.6 Å². The van der Waals surface area contributed by atoms with Crippen LogP contribution in [0.1, 0.15) is 62.3 Å². The summed E-state index contributed by atoms with van der Waals surface area (Å²) in [4.78, 5) is 26.8. The van der Waals surface area contributed by atoms with E-state index in [0.717, 1.165) is 21.4 Å². The van der Waals surface area contributed by atoms with Crippen molar-refractivity contribution < 1.29 is 37.2 Å². The van der Waals surface area contributed by atoms with Gasteiger partial charge < -0.3 is 28.6 Å². The number of benzene rings is 6. The van der Waals surface area contributed by atoms with E-state index in [4.69, 9.17) is 18.8 Å². The van der Waals surface area contributed by atoms with Gasteiger partial charge in [-0.05, 0) is 167 Å². The molecule has 0 atom stereocenters. The fourth-order valence-electron chi connectivity index (χ4n) is 6.17. The molecule has 1 aliphatic rings.